The van der Waals surface area contributed by atoms with E-state index in [9.17, 15) is 4.79 Å². The van der Waals surface area contributed by atoms with Crippen molar-refractivity contribution >= 4 is 55.6 Å². The van der Waals surface area contributed by atoms with E-state index < -0.39 is 5.91 Å². The fourth-order valence-corrected chi connectivity index (χ4v) is 4.43. The highest BCUT2D eigenvalue weighted by molar-refractivity contribution is 7.23. The van der Waals surface area contributed by atoms with Crippen molar-refractivity contribution in [1.29, 1.82) is 0 Å². The third-order valence-corrected chi connectivity index (χ3v) is 5.88. The minimum Gasteiger partial charge on any atom is -0.380 e. The van der Waals surface area contributed by atoms with Gasteiger partial charge in [0.25, 0.3) is 5.91 Å². The molecule has 26 heavy (non-hydrogen) atoms. The lowest BCUT2D eigenvalue weighted by Crippen LogP contribution is -2.47. The summed E-state index contributed by atoms with van der Waals surface area (Å²) < 4.78 is 10.7. The van der Waals surface area contributed by atoms with Crippen LogP contribution in [0, 0.1) is 0 Å². The predicted octanol–water partition coefficient (Wildman–Crippen LogP) is 1.52. The second kappa shape index (κ2) is 7.11. The van der Waals surface area contributed by atoms with Gasteiger partial charge in [-0.3, -0.25) is 4.79 Å². The van der Waals surface area contributed by atoms with E-state index >= 15 is 0 Å². The Morgan fingerprint density at radius 1 is 1.42 bits per heavy atom. The molecular weight excluding hydrogens is 374 g/mol. The lowest BCUT2D eigenvalue weighted by molar-refractivity contribution is 0.0752. The fourth-order valence-electron chi connectivity index (χ4n) is 2.72. The summed E-state index contributed by atoms with van der Waals surface area (Å²) in [4.78, 5) is 20.4. The molecule has 0 spiro atoms. The molecule has 0 bridgehead atoms. The Morgan fingerprint density at radius 2 is 2.31 bits per heavy atom. The Hall–Kier alpha value is -2.34. The van der Waals surface area contributed by atoms with E-state index in [4.69, 9.17) is 16.2 Å². The SMILES string of the molecule is NC(=O)c1ncc(N[C@@H]2CCOC[C@@H]2N)nc1Nc1snc2ccsc12. The van der Waals surface area contributed by atoms with Gasteiger partial charge in [-0.2, -0.15) is 4.37 Å². The van der Waals surface area contributed by atoms with Crippen molar-refractivity contribution in [3.8, 4) is 0 Å². The first-order valence-electron chi connectivity index (χ1n) is 7.98. The van der Waals surface area contributed by atoms with E-state index in [-0.39, 0.29) is 17.8 Å². The Labute approximate surface area is 156 Å². The predicted molar refractivity (Wildman–Crippen MR) is 102 cm³/mol. The van der Waals surface area contributed by atoms with E-state index in [1.807, 2.05) is 11.4 Å². The molecule has 2 atom stereocenters. The van der Waals surface area contributed by atoms with Gasteiger partial charge in [0.15, 0.2) is 11.5 Å². The van der Waals surface area contributed by atoms with E-state index in [2.05, 4.69) is 25.0 Å². The zero-order valence-electron chi connectivity index (χ0n) is 13.6. The number of primary amides is 1. The maximum Gasteiger partial charge on any atom is 0.271 e. The summed E-state index contributed by atoms with van der Waals surface area (Å²) in [5.41, 5.74) is 12.5. The van der Waals surface area contributed by atoms with Gasteiger partial charge in [-0.1, -0.05) is 0 Å². The standard InChI is InChI=1S/C15H17N7O2S2/c16-7-6-24-3-1-8(7)19-10-5-18-11(13(17)23)14(20-10)21-15-12-9(22-26-15)2-4-25-12/h2,4-5,7-8H,1,3,6,16H2,(H2,17,23)(H2,19,20,21)/t7-,8+/m0/s1. The first-order valence-corrected chi connectivity index (χ1v) is 9.63. The first kappa shape index (κ1) is 17.1. The molecule has 4 heterocycles. The molecule has 6 N–H and O–H groups in total. The third-order valence-electron chi connectivity index (χ3n) is 4.06. The molecule has 0 unspecified atom stereocenters. The summed E-state index contributed by atoms with van der Waals surface area (Å²) in [7, 11) is 0. The lowest BCUT2D eigenvalue weighted by Gasteiger charge is -2.29. The number of anilines is 3. The molecule has 9 nitrogen and oxygen atoms in total. The largest absolute Gasteiger partial charge is 0.380 e. The van der Waals surface area contributed by atoms with Gasteiger partial charge in [-0.25, -0.2) is 9.97 Å². The van der Waals surface area contributed by atoms with E-state index in [0.717, 1.165) is 21.6 Å². The Bertz CT molecular complexity index is 941. The molecule has 0 saturated carbocycles. The number of nitrogens with one attached hydrogen (secondary N) is 2. The van der Waals surface area contributed by atoms with Crippen molar-refractivity contribution in [3.05, 3.63) is 23.3 Å². The van der Waals surface area contributed by atoms with Crippen molar-refractivity contribution in [2.24, 2.45) is 11.5 Å². The lowest BCUT2D eigenvalue weighted by atomic mass is 10.0. The Kier molecular flexibility index (Phi) is 4.68. The summed E-state index contributed by atoms with van der Waals surface area (Å²) >= 11 is 2.86. The van der Waals surface area contributed by atoms with E-state index in [0.29, 0.717) is 24.8 Å². The molecular formula is C15H17N7O2S2. The summed E-state index contributed by atoms with van der Waals surface area (Å²) in [6, 6.07) is 1.83. The fraction of sp³-hybridized carbons (Fsp3) is 0.333. The molecule has 3 aromatic heterocycles. The molecule has 1 aliphatic heterocycles. The van der Waals surface area contributed by atoms with Crippen LogP contribution in [0.1, 0.15) is 16.9 Å². The number of thiophene rings is 1. The number of carbonyl (C=O) groups is 1. The molecule has 4 rings (SSSR count). The van der Waals surface area contributed by atoms with Crippen molar-refractivity contribution in [2.45, 2.75) is 18.5 Å². The molecule has 0 aromatic carbocycles. The van der Waals surface area contributed by atoms with Crippen LogP contribution in [0.25, 0.3) is 10.2 Å². The zero-order valence-corrected chi connectivity index (χ0v) is 15.3. The van der Waals surface area contributed by atoms with Gasteiger partial charge in [-0.15, -0.1) is 11.3 Å². The molecule has 136 valence electrons. The van der Waals surface area contributed by atoms with Crippen LogP contribution in [0.4, 0.5) is 16.6 Å². The first-order chi connectivity index (χ1) is 12.6. The molecule has 1 fully saturated rings. The normalized spacial score (nSPS) is 20.2. The van der Waals surface area contributed by atoms with E-state index in [1.165, 1.54) is 17.7 Å². The number of rotatable bonds is 5. The molecule has 0 radical (unpaired) electrons. The van der Waals surface area contributed by atoms with Gasteiger partial charge < -0.3 is 26.8 Å². The molecule has 3 aromatic rings. The second-order valence-electron chi connectivity index (χ2n) is 5.87. The van der Waals surface area contributed by atoms with Crippen LogP contribution in [0.3, 0.4) is 0 Å². The van der Waals surface area contributed by atoms with Crippen molar-refractivity contribution in [1.82, 2.24) is 14.3 Å². The van der Waals surface area contributed by atoms with Crippen LogP contribution in [0.15, 0.2) is 17.6 Å². The van der Waals surface area contributed by atoms with Gasteiger partial charge in [-0.05, 0) is 29.4 Å². The number of nitrogens with two attached hydrogens (primary N) is 2. The number of carbonyl (C=O) groups excluding carboxylic acids is 1. The smallest absolute Gasteiger partial charge is 0.271 e. The van der Waals surface area contributed by atoms with Crippen LogP contribution in [-0.4, -0.2) is 45.5 Å². The molecule has 1 amide bonds. The van der Waals surface area contributed by atoms with Crippen LogP contribution >= 0.6 is 22.9 Å². The number of hydrogen-bond donors (Lipinski definition) is 4. The molecule has 0 aliphatic carbocycles. The summed E-state index contributed by atoms with van der Waals surface area (Å²) in [5, 5.41) is 9.17. The number of fused-ring (bicyclic) bond motifs is 1. The average Bonchev–Trinajstić information content (AvgIpc) is 3.22. The Morgan fingerprint density at radius 3 is 3.12 bits per heavy atom. The van der Waals surface area contributed by atoms with Crippen LogP contribution in [0.5, 0.6) is 0 Å². The number of ether oxygens (including phenoxy) is 1. The third kappa shape index (κ3) is 3.33. The monoisotopic (exact) mass is 391 g/mol. The van der Waals surface area contributed by atoms with Gasteiger partial charge in [0.2, 0.25) is 0 Å². The number of hydrogen-bond acceptors (Lipinski definition) is 10. The van der Waals surface area contributed by atoms with Gasteiger partial charge in [0.05, 0.1) is 23.0 Å². The summed E-state index contributed by atoms with van der Waals surface area (Å²) in [6.07, 6.45) is 2.26. The van der Waals surface area contributed by atoms with Crippen molar-refractivity contribution in [2.75, 3.05) is 23.8 Å². The summed E-state index contributed by atoms with van der Waals surface area (Å²) in [5.74, 6) is 0.162. The van der Waals surface area contributed by atoms with Gasteiger partial charge >= 0.3 is 0 Å². The highest BCUT2D eigenvalue weighted by atomic mass is 32.1. The van der Waals surface area contributed by atoms with Crippen molar-refractivity contribution in [3.63, 3.8) is 0 Å². The highest BCUT2D eigenvalue weighted by Crippen LogP contribution is 2.34. The van der Waals surface area contributed by atoms with Crippen LogP contribution in [0.2, 0.25) is 0 Å². The van der Waals surface area contributed by atoms with Crippen molar-refractivity contribution < 1.29 is 9.53 Å². The highest BCUT2D eigenvalue weighted by Gasteiger charge is 2.23. The Balaban J connectivity index is 1.63. The molecule has 1 saturated heterocycles. The molecule has 1 aliphatic rings. The second-order valence-corrected chi connectivity index (χ2v) is 7.56. The maximum atomic E-state index is 11.7. The van der Waals surface area contributed by atoms with Gasteiger partial charge in [0, 0.05) is 18.7 Å². The minimum atomic E-state index is -0.652. The molecule has 11 heteroatoms. The minimum absolute atomic E-state index is 0.0257. The van der Waals surface area contributed by atoms with E-state index in [1.54, 1.807) is 11.3 Å². The summed E-state index contributed by atoms with van der Waals surface area (Å²) in [6.45, 7) is 1.13. The van der Waals surface area contributed by atoms with Crippen LogP contribution in [-0.2, 0) is 4.74 Å². The number of nitrogens with zero attached hydrogens (tertiary/aromatic N) is 3. The van der Waals surface area contributed by atoms with Gasteiger partial charge in [0.1, 0.15) is 10.8 Å². The average molecular weight is 391 g/mol. The zero-order chi connectivity index (χ0) is 18.1. The quantitative estimate of drug-likeness (QED) is 0.513. The topological polar surface area (TPSA) is 141 Å². The maximum absolute atomic E-state index is 11.7. The van der Waals surface area contributed by atoms with Crippen LogP contribution < -0.4 is 22.1 Å². The number of amides is 1. The number of aromatic nitrogens is 3.